The van der Waals surface area contributed by atoms with E-state index in [9.17, 15) is 9.90 Å². The molecule has 1 aliphatic heterocycles. The van der Waals surface area contributed by atoms with Crippen LogP contribution >= 0.6 is 0 Å². The van der Waals surface area contributed by atoms with Crippen LogP contribution in [0.4, 0.5) is 5.69 Å². The van der Waals surface area contributed by atoms with Gasteiger partial charge >= 0.3 is 5.97 Å². The maximum Gasteiger partial charge on any atom is 0.337 e. The van der Waals surface area contributed by atoms with E-state index in [4.69, 9.17) is 4.74 Å². The van der Waals surface area contributed by atoms with Crippen molar-refractivity contribution < 1.29 is 14.6 Å². The number of carboxylic acid groups (broad SMARTS) is 1. The summed E-state index contributed by atoms with van der Waals surface area (Å²) in [4.78, 5) is 11.8. The average Bonchev–Trinajstić information content (AvgIpc) is 3.29. The number of ether oxygens (including phenoxy) is 1. The molecular weight excluding hydrogens is 326 g/mol. The van der Waals surface area contributed by atoms with E-state index in [-0.39, 0.29) is 6.04 Å². The molecule has 0 radical (unpaired) electrons. The maximum atomic E-state index is 11.8. The number of carboxylic acids is 1. The second kappa shape index (κ2) is 5.76. The molecule has 5 rings (SSSR count). The van der Waals surface area contributed by atoms with Crippen molar-refractivity contribution in [3.8, 4) is 5.75 Å². The molecule has 0 spiro atoms. The first-order valence-electron chi connectivity index (χ1n) is 9.44. The molecule has 2 aromatic rings. The predicted octanol–water partition coefficient (Wildman–Crippen LogP) is 4.69. The summed E-state index contributed by atoms with van der Waals surface area (Å²) >= 11 is 0. The van der Waals surface area contributed by atoms with E-state index in [0.717, 1.165) is 17.0 Å². The van der Waals surface area contributed by atoms with E-state index in [1.807, 2.05) is 24.3 Å². The number of methoxy groups -OCH3 is 1. The zero-order valence-electron chi connectivity index (χ0n) is 14.8. The van der Waals surface area contributed by atoms with E-state index in [0.29, 0.717) is 29.2 Å². The fraction of sp³-hybridized carbons (Fsp3) is 0.409. The lowest BCUT2D eigenvalue weighted by Gasteiger charge is -2.44. The monoisotopic (exact) mass is 349 g/mol. The van der Waals surface area contributed by atoms with Gasteiger partial charge in [-0.1, -0.05) is 30.3 Å². The lowest BCUT2D eigenvalue weighted by molar-refractivity contribution is 0.0697. The van der Waals surface area contributed by atoms with Gasteiger partial charge < -0.3 is 15.2 Å². The van der Waals surface area contributed by atoms with Crippen molar-refractivity contribution in [1.29, 1.82) is 0 Å². The lowest BCUT2D eigenvalue weighted by atomic mass is 9.67. The molecule has 0 aromatic heterocycles. The molecule has 2 saturated carbocycles. The Morgan fingerprint density at radius 3 is 2.65 bits per heavy atom. The maximum absolute atomic E-state index is 11.8. The van der Waals surface area contributed by atoms with Crippen LogP contribution in [0.25, 0.3) is 0 Å². The Morgan fingerprint density at radius 2 is 1.85 bits per heavy atom. The van der Waals surface area contributed by atoms with Gasteiger partial charge in [-0.2, -0.15) is 0 Å². The molecule has 1 heterocycles. The van der Waals surface area contributed by atoms with Gasteiger partial charge in [0.05, 0.1) is 24.4 Å². The third-order valence-corrected chi connectivity index (χ3v) is 6.83. The molecule has 4 heteroatoms. The predicted molar refractivity (Wildman–Crippen MR) is 99.8 cm³/mol. The van der Waals surface area contributed by atoms with Gasteiger partial charge in [0.25, 0.3) is 0 Å². The van der Waals surface area contributed by atoms with Gasteiger partial charge in [0.15, 0.2) is 0 Å². The molecular formula is C22H23NO3. The Morgan fingerprint density at radius 1 is 1.08 bits per heavy atom. The van der Waals surface area contributed by atoms with E-state index < -0.39 is 5.97 Å². The van der Waals surface area contributed by atoms with Gasteiger partial charge in [0.2, 0.25) is 0 Å². The number of para-hydroxylation sites is 2. The van der Waals surface area contributed by atoms with Crippen LogP contribution in [0.3, 0.4) is 0 Å². The molecule has 0 unspecified atom stereocenters. The van der Waals surface area contributed by atoms with E-state index in [1.165, 1.54) is 24.8 Å². The summed E-state index contributed by atoms with van der Waals surface area (Å²) in [6.07, 6.45) is 3.81. The van der Waals surface area contributed by atoms with Gasteiger partial charge in [-0.3, -0.25) is 0 Å². The minimum Gasteiger partial charge on any atom is -0.496 e. The zero-order valence-corrected chi connectivity index (χ0v) is 14.8. The number of aromatic carboxylic acids is 1. The summed E-state index contributed by atoms with van der Waals surface area (Å²) in [6.45, 7) is 0. The van der Waals surface area contributed by atoms with E-state index in [2.05, 4.69) is 17.4 Å². The highest BCUT2D eigenvalue weighted by molar-refractivity contribution is 5.95. The molecule has 134 valence electrons. The number of carbonyl (C=O) groups is 1. The van der Waals surface area contributed by atoms with Crippen LogP contribution in [-0.2, 0) is 0 Å². The second-order valence-corrected chi connectivity index (χ2v) is 7.88. The normalized spacial score (nSPS) is 31.0. The number of benzene rings is 2. The molecule has 2 N–H and O–H groups in total. The van der Waals surface area contributed by atoms with Crippen molar-refractivity contribution in [2.75, 3.05) is 12.4 Å². The minimum absolute atomic E-state index is 0.0967. The van der Waals surface area contributed by atoms with Crippen molar-refractivity contribution >= 4 is 11.7 Å². The summed E-state index contributed by atoms with van der Waals surface area (Å²) in [5, 5.41) is 13.3. The van der Waals surface area contributed by atoms with Crippen LogP contribution in [0, 0.1) is 17.8 Å². The molecule has 2 aliphatic carbocycles. The van der Waals surface area contributed by atoms with Crippen LogP contribution in [-0.4, -0.2) is 18.2 Å². The number of hydrogen-bond donors (Lipinski definition) is 2. The first kappa shape index (κ1) is 15.7. The van der Waals surface area contributed by atoms with Crippen LogP contribution in [0.2, 0.25) is 0 Å². The second-order valence-electron chi connectivity index (χ2n) is 7.88. The van der Waals surface area contributed by atoms with Crippen molar-refractivity contribution in [3.05, 3.63) is 59.2 Å². The molecule has 5 atom stereocenters. The third kappa shape index (κ3) is 2.11. The summed E-state index contributed by atoms with van der Waals surface area (Å²) in [7, 11) is 1.70. The fourth-order valence-corrected chi connectivity index (χ4v) is 5.92. The van der Waals surface area contributed by atoms with Gasteiger partial charge in [-0.15, -0.1) is 0 Å². The van der Waals surface area contributed by atoms with Gasteiger partial charge in [-0.25, -0.2) is 4.79 Å². The van der Waals surface area contributed by atoms with Crippen LogP contribution in [0.15, 0.2) is 42.5 Å². The Labute approximate surface area is 153 Å². The standard InChI is InChI=1S/C22H23NO3/c1-26-17-8-3-2-5-14(17)21-19-13-10-9-12(11-13)18(19)15-6-4-7-16(22(24)25)20(15)23-21/h2-8,12-13,18-19,21,23H,9-11H2,1H3,(H,24,25)/t12-,13+,18+,19+,21-/m0/s1. The molecule has 3 aliphatic rings. The molecule has 2 aromatic carbocycles. The highest BCUT2D eigenvalue weighted by Crippen LogP contribution is 2.64. The van der Waals surface area contributed by atoms with Crippen LogP contribution in [0.1, 0.15) is 52.7 Å². The summed E-state index contributed by atoms with van der Waals surface area (Å²) in [5.41, 5.74) is 3.53. The number of anilines is 1. The summed E-state index contributed by atoms with van der Waals surface area (Å²) in [6, 6.07) is 14.0. The van der Waals surface area contributed by atoms with E-state index >= 15 is 0 Å². The Hall–Kier alpha value is -2.49. The Balaban J connectivity index is 1.69. The first-order chi connectivity index (χ1) is 12.7. The van der Waals surface area contributed by atoms with Gasteiger partial charge in [-0.05, 0) is 60.6 Å². The molecule has 26 heavy (non-hydrogen) atoms. The van der Waals surface area contributed by atoms with Gasteiger partial charge in [0, 0.05) is 5.56 Å². The number of hydrogen-bond acceptors (Lipinski definition) is 3. The minimum atomic E-state index is -0.866. The highest BCUT2D eigenvalue weighted by Gasteiger charge is 2.54. The van der Waals surface area contributed by atoms with Crippen molar-refractivity contribution in [2.45, 2.75) is 31.2 Å². The van der Waals surface area contributed by atoms with Crippen molar-refractivity contribution in [1.82, 2.24) is 0 Å². The number of fused-ring (bicyclic) bond motifs is 7. The SMILES string of the molecule is COc1ccccc1[C@@H]1Nc2c(C(=O)O)cccc2[C@H]2[C@H]3CC[C@H](C3)[C@H]21. The molecule has 4 nitrogen and oxygen atoms in total. The van der Waals surface area contributed by atoms with Crippen LogP contribution < -0.4 is 10.1 Å². The molecule has 0 amide bonds. The molecule has 2 bridgehead atoms. The Bertz CT molecular complexity index is 877. The smallest absolute Gasteiger partial charge is 0.337 e. The highest BCUT2D eigenvalue weighted by atomic mass is 16.5. The quantitative estimate of drug-likeness (QED) is 0.844. The molecule has 0 saturated heterocycles. The largest absolute Gasteiger partial charge is 0.496 e. The fourth-order valence-electron chi connectivity index (χ4n) is 5.92. The lowest BCUT2D eigenvalue weighted by Crippen LogP contribution is -2.36. The van der Waals surface area contributed by atoms with E-state index in [1.54, 1.807) is 13.2 Å². The topological polar surface area (TPSA) is 58.6 Å². The van der Waals surface area contributed by atoms with Crippen molar-refractivity contribution in [2.24, 2.45) is 17.8 Å². The van der Waals surface area contributed by atoms with Gasteiger partial charge in [0.1, 0.15) is 5.75 Å². The number of nitrogens with one attached hydrogen (secondary N) is 1. The first-order valence-corrected chi connectivity index (χ1v) is 9.44. The third-order valence-electron chi connectivity index (χ3n) is 6.83. The zero-order chi connectivity index (χ0) is 17.8. The van der Waals surface area contributed by atoms with Crippen LogP contribution in [0.5, 0.6) is 5.75 Å². The number of rotatable bonds is 3. The average molecular weight is 349 g/mol. The summed E-state index contributed by atoms with van der Waals surface area (Å²) < 4.78 is 5.64. The molecule has 2 fully saturated rings. The summed E-state index contributed by atoms with van der Waals surface area (Å²) in [5.74, 6) is 2.33. The van der Waals surface area contributed by atoms with Crippen molar-refractivity contribution in [3.63, 3.8) is 0 Å². The Kier molecular flexibility index (Phi) is 3.49.